The number of nitrogens with one attached hydrogen (secondary N) is 1. The Hall–Kier alpha value is -3.65. The minimum Gasteiger partial charge on any atom is -0.410 e. The summed E-state index contributed by atoms with van der Waals surface area (Å²) < 4.78 is 7.58. The first-order chi connectivity index (χ1) is 18.5. The molecule has 4 aromatic rings. The number of thiazole rings is 1. The molecule has 8 heteroatoms. The van der Waals surface area contributed by atoms with E-state index >= 15 is 0 Å². The molecule has 2 fully saturated rings. The van der Waals surface area contributed by atoms with Gasteiger partial charge in [-0.05, 0) is 68.9 Å². The van der Waals surface area contributed by atoms with Crippen LogP contribution in [0.4, 0.5) is 4.79 Å². The van der Waals surface area contributed by atoms with Crippen molar-refractivity contribution < 1.29 is 14.3 Å². The molecule has 2 amide bonds. The van der Waals surface area contributed by atoms with Crippen LogP contribution >= 0.6 is 11.3 Å². The number of hydrogen-bond acceptors (Lipinski definition) is 5. The maximum absolute atomic E-state index is 13.9. The maximum Gasteiger partial charge on any atom is 0.412 e. The number of carbonyl (C=O) groups is 2. The summed E-state index contributed by atoms with van der Waals surface area (Å²) in [7, 11) is 1.98. The molecule has 1 aliphatic carbocycles. The largest absolute Gasteiger partial charge is 0.412 e. The molecular formula is C30H32N4O3S. The van der Waals surface area contributed by atoms with Gasteiger partial charge in [0.25, 0.3) is 5.91 Å². The number of amides is 2. The van der Waals surface area contributed by atoms with Gasteiger partial charge in [-0.3, -0.25) is 4.79 Å². The van der Waals surface area contributed by atoms with Gasteiger partial charge in [-0.15, -0.1) is 11.3 Å². The van der Waals surface area contributed by atoms with Gasteiger partial charge < -0.3 is 19.5 Å². The van der Waals surface area contributed by atoms with Crippen molar-refractivity contribution in [1.82, 2.24) is 19.8 Å². The number of ether oxygens (including phenoxy) is 1. The molecule has 3 heterocycles. The second-order valence-corrected chi connectivity index (χ2v) is 11.5. The van der Waals surface area contributed by atoms with E-state index in [1.54, 1.807) is 17.4 Å². The molecule has 1 N–H and O–H groups in total. The topological polar surface area (TPSA) is 76.5 Å². The number of aryl methyl sites for hydroxylation is 2. The first-order valence-electron chi connectivity index (χ1n) is 13.4. The van der Waals surface area contributed by atoms with Crippen molar-refractivity contribution in [3.8, 4) is 16.2 Å². The Morgan fingerprint density at radius 3 is 2.79 bits per heavy atom. The fourth-order valence-electron chi connectivity index (χ4n) is 5.25. The van der Waals surface area contributed by atoms with Crippen LogP contribution in [0.25, 0.3) is 21.3 Å². The first kappa shape index (κ1) is 24.7. The summed E-state index contributed by atoms with van der Waals surface area (Å²) in [5.41, 5.74) is 3.83. The second-order valence-electron chi connectivity index (χ2n) is 10.4. The van der Waals surface area contributed by atoms with E-state index in [9.17, 15) is 9.59 Å². The lowest BCUT2D eigenvalue weighted by Crippen LogP contribution is -2.50. The summed E-state index contributed by atoms with van der Waals surface area (Å²) >= 11 is 1.66. The Bertz CT molecular complexity index is 1500. The van der Waals surface area contributed by atoms with E-state index in [1.165, 1.54) is 0 Å². The Kier molecular flexibility index (Phi) is 6.66. The van der Waals surface area contributed by atoms with Crippen LogP contribution in [0.3, 0.4) is 0 Å². The van der Waals surface area contributed by atoms with Gasteiger partial charge in [-0.25, -0.2) is 9.78 Å². The maximum atomic E-state index is 13.9. The molecule has 0 unspecified atom stereocenters. The van der Waals surface area contributed by atoms with Crippen LogP contribution in [-0.4, -0.2) is 45.6 Å². The molecule has 0 spiro atoms. The number of carbonyl (C=O) groups excluding carboxylic acids is 2. The number of benzene rings is 2. The fourth-order valence-corrected chi connectivity index (χ4v) is 6.48. The molecule has 1 saturated carbocycles. The molecule has 7 nitrogen and oxygen atoms in total. The van der Waals surface area contributed by atoms with Gasteiger partial charge in [0.1, 0.15) is 11.4 Å². The van der Waals surface area contributed by atoms with Crippen LogP contribution in [0.2, 0.25) is 0 Å². The van der Waals surface area contributed by atoms with E-state index in [4.69, 9.17) is 9.72 Å². The highest BCUT2D eigenvalue weighted by Gasteiger charge is 2.34. The minimum absolute atomic E-state index is 0.0425. The zero-order valence-corrected chi connectivity index (χ0v) is 22.6. The molecule has 2 aromatic heterocycles. The number of nitrogens with zero attached hydrogens (tertiary/aromatic N) is 3. The fraction of sp³-hybridized carbons (Fsp3) is 0.367. The van der Waals surface area contributed by atoms with Crippen molar-refractivity contribution in [3.05, 3.63) is 71.0 Å². The lowest BCUT2D eigenvalue weighted by atomic mass is 10.0. The van der Waals surface area contributed by atoms with Gasteiger partial charge in [0.15, 0.2) is 0 Å². The highest BCUT2D eigenvalue weighted by molar-refractivity contribution is 7.15. The van der Waals surface area contributed by atoms with Crippen molar-refractivity contribution in [2.75, 3.05) is 13.1 Å². The molecule has 1 aliphatic heterocycles. The van der Waals surface area contributed by atoms with Crippen LogP contribution in [-0.2, 0) is 7.05 Å². The first-order valence-corrected chi connectivity index (χ1v) is 14.2. The summed E-state index contributed by atoms with van der Waals surface area (Å²) in [6.07, 6.45) is 6.55. The minimum atomic E-state index is -0.511. The molecule has 2 aliphatic rings. The van der Waals surface area contributed by atoms with E-state index in [1.807, 2.05) is 47.0 Å². The zero-order chi connectivity index (χ0) is 26.2. The van der Waals surface area contributed by atoms with Crippen LogP contribution in [0.1, 0.15) is 59.1 Å². The van der Waals surface area contributed by atoms with E-state index in [-0.39, 0.29) is 11.9 Å². The van der Waals surface area contributed by atoms with Crippen LogP contribution < -0.4 is 10.1 Å². The molecule has 0 radical (unpaired) electrons. The Morgan fingerprint density at radius 1 is 1.11 bits per heavy atom. The van der Waals surface area contributed by atoms with Gasteiger partial charge in [-0.1, -0.05) is 29.8 Å². The SMILES string of the molecule is Cc1cccc(-c2sc(C3CC3)nc2C(=O)N2CCCC[C@H]2CNC(=O)Oc2ccc3c(ccn3C)c2)c1. The molecule has 1 atom stereocenters. The van der Waals surface area contributed by atoms with E-state index < -0.39 is 6.09 Å². The zero-order valence-electron chi connectivity index (χ0n) is 21.8. The van der Waals surface area contributed by atoms with Crippen molar-refractivity contribution >= 4 is 34.2 Å². The molecular weight excluding hydrogens is 496 g/mol. The normalized spacial score (nSPS) is 17.5. The third-order valence-electron chi connectivity index (χ3n) is 7.49. The standard InChI is InChI=1S/C30H32N4O3S/c1-19-6-5-7-22(16-19)27-26(32-28(38-27)20-9-10-20)29(35)34-14-4-3-8-23(34)18-31-30(36)37-24-11-12-25-21(17-24)13-15-33(25)2/h5-7,11-13,15-17,20,23H,3-4,8-10,14,18H2,1-2H3,(H,31,36)/t23-/m0/s1. The summed E-state index contributed by atoms with van der Waals surface area (Å²) in [6.45, 7) is 3.07. The van der Waals surface area contributed by atoms with Gasteiger partial charge >= 0.3 is 6.09 Å². The van der Waals surface area contributed by atoms with Crippen molar-refractivity contribution in [2.24, 2.45) is 7.05 Å². The molecule has 2 aromatic carbocycles. The Balaban J connectivity index is 1.17. The quantitative estimate of drug-likeness (QED) is 0.320. The predicted molar refractivity (Wildman–Crippen MR) is 150 cm³/mol. The van der Waals surface area contributed by atoms with E-state index in [0.717, 1.165) is 64.0 Å². The number of aromatic nitrogens is 2. The lowest BCUT2D eigenvalue weighted by molar-refractivity contribution is 0.0607. The summed E-state index contributed by atoms with van der Waals surface area (Å²) in [6, 6.07) is 15.8. The molecule has 38 heavy (non-hydrogen) atoms. The highest BCUT2D eigenvalue weighted by Crippen LogP contribution is 2.45. The number of hydrogen-bond donors (Lipinski definition) is 1. The Labute approximate surface area is 226 Å². The van der Waals surface area contributed by atoms with Gasteiger partial charge in [0.2, 0.25) is 0 Å². The highest BCUT2D eigenvalue weighted by atomic mass is 32.1. The van der Waals surface area contributed by atoms with Crippen LogP contribution in [0.5, 0.6) is 5.75 Å². The Morgan fingerprint density at radius 2 is 1.97 bits per heavy atom. The van der Waals surface area contributed by atoms with E-state index in [2.05, 4.69) is 30.4 Å². The van der Waals surface area contributed by atoms with Crippen molar-refractivity contribution in [3.63, 3.8) is 0 Å². The van der Waals surface area contributed by atoms with Gasteiger partial charge in [0, 0.05) is 49.2 Å². The molecule has 0 bridgehead atoms. The van der Waals surface area contributed by atoms with Crippen molar-refractivity contribution in [2.45, 2.75) is 51.0 Å². The predicted octanol–water partition coefficient (Wildman–Crippen LogP) is 6.27. The third kappa shape index (κ3) is 5.05. The number of piperidine rings is 1. The monoisotopic (exact) mass is 528 g/mol. The summed E-state index contributed by atoms with van der Waals surface area (Å²) in [5, 5.41) is 4.98. The van der Waals surface area contributed by atoms with Gasteiger partial charge in [-0.2, -0.15) is 0 Å². The molecule has 6 rings (SSSR count). The average molecular weight is 529 g/mol. The second kappa shape index (κ2) is 10.3. The molecule has 1 saturated heterocycles. The lowest BCUT2D eigenvalue weighted by Gasteiger charge is -2.35. The number of fused-ring (bicyclic) bond motifs is 1. The third-order valence-corrected chi connectivity index (χ3v) is 8.76. The van der Waals surface area contributed by atoms with Crippen LogP contribution in [0.15, 0.2) is 54.7 Å². The smallest absolute Gasteiger partial charge is 0.410 e. The van der Waals surface area contributed by atoms with Crippen LogP contribution in [0, 0.1) is 6.92 Å². The number of likely N-dealkylation sites (tertiary alicyclic amines) is 1. The average Bonchev–Trinajstić information content (AvgIpc) is 3.57. The summed E-state index contributed by atoms with van der Waals surface area (Å²) in [4.78, 5) is 34.3. The molecule has 196 valence electrons. The van der Waals surface area contributed by atoms with Crippen molar-refractivity contribution in [1.29, 1.82) is 0 Å². The van der Waals surface area contributed by atoms with E-state index in [0.29, 0.717) is 30.5 Å². The summed E-state index contributed by atoms with van der Waals surface area (Å²) in [5.74, 6) is 0.934. The van der Waals surface area contributed by atoms with Gasteiger partial charge in [0.05, 0.1) is 9.88 Å². The number of rotatable bonds is 6.